The Morgan fingerprint density at radius 1 is 1.11 bits per heavy atom. The highest BCUT2D eigenvalue weighted by atomic mass is 16.5. The van der Waals surface area contributed by atoms with Crippen LogP contribution in [0.5, 0.6) is 0 Å². The molecule has 1 atom stereocenters. The molecule has 98 valence electrons. The summed E-state index contributed by atoms with van der Waals surface area (Å²) in [6.07, 6.45) is 7.39. The lowest BCUT2D eigenvalue weighted by Crippen LogP contribution is -2.23. The van der Waals surface area contributed by atoms with Gasteiger partial charge in [0.15, 0.2) is 0 Å². The van der Waals surface area contributed by atoms with Crippen molar-refractivity contribution < 1.29 is 9.53 Å². The Bertz CT molecular complexity index is 364. The normalized spacial score (nSPS) is 18.9. The Morgan fingerprint density at radius 3 is 2.28 bits per heavy atom. The van der Waals surface area contributed by atoms with Crippen molar-refractivity contribution in [3.63, 3.8) is 0 Å². The summed E-state index contributed by atoms with van der Waals surface area (Å²) in [6.45, 7) is 0. The summed E-state index contributed by atoms with van der Waals surface area (Å²) in [4.78, 5) is 12.1. The molecule has 1 unspecified atom stereocenters. The maximum atomic E-state index is 12.1. The third-order valence-corrected chi connectivity index (χ3v) is 3.99. The van der Waals surface area contributed by atoms with Gasteiger partial charge < -0.3 is 4.74 Å². The van der Waals surface area contributed by atoms with Crippen molar-refractivity contribution in [2.75, 3.05) is 7.11 Å². The molecule has 0 aliphatic heterocycles. The molecule has 0 radical (unpaired) electrons. The van der Waals surface area contributed by atoms with Gasteiger partial charge in [-0.2, -0.15) is 0 Å². The molecule has 1 fully saturated rings. The summed E-state index contributed by atoms with van der Waals surface area (Å²) in [5, 5.41) is 0. The molecule has 0 bridgehead atoms. The van der Waals surface area contributed by atoms with Crippen LogP contribution < -0.4 is 0 Å². The minimum absolute atomic E-state index is 0.0747. The van der Waals surface area contributed by atoms with E-state index in [4.69, 9.17) is 4.74 Å². The topological polar surface area (TPSA) is 26.3 Å². The van der Waals surface area contributed by atoms with E-state index < -0.39 is 0 Å². The second-order valence-electron chi connectivity index (χ2n) is 5.16. The molecule has 1 aliphatic rings. The number of rotatable bonds is 3. The number of esters is 1. The van der Waals surface area contributed by atoms with Crippen LogP contribution in [0.4, 0.5) is 0 Å². The molecule has 1 aromatic carbocycles. The van der Waals surface area contributed by atoms with E-state index in [9.17, 15) is 4.79 Å². The highest BCUT2D eigenvalue weighted by Gasteiger charge is 2.30. The fourth-order valence-corrected chi connectivity index (χ4v) is 3.03. The summed E-state index contributed by atoms with van der Waals surface area (Å²) >= 11 is 0. The zero-order valence-corrected chi connectivity index (χ0v) is 11.1. The van der Waals surface area contributed by atoms with Gasteiger partial charge in [0.2, 0.25) is 0 Å². The second-order valence-corrected chi connectivity index (χ2v) is 5.16. The Hall–Kier alpha value is -1.31. The fourth-order valence-electron chi connectivity index (χ4n) is 3.03. The van der Waals surface area contributed by atoms with Crippen LogP contribution in [0.1, 0.15) is 50.0 Å². The quantitative estimate of drug-likeness (QED) is 0.597. The number of benzene rings is 1. The van der Waals surface area contributed by atoms with Crippen molar-refractivity contribution in [3.8, 4) is 0 Å². The Kier molecular flexibility index (Phi) is 4.80. The lowest BCUT2D eigenvalue weighted by atomic mass is 9.81. The van der Waals surface area contributed by atoms with E-state index in [2.05, 4.69) is 0 Å². The molecule has 0 aromatic heterocycles. The van der Waals surface area contributed by atoms with Crippen LogP contribution in [0.3, 0.4) is 0 Å². The molecule has 2 nitrogen and oxygen atoms in total. The van der Waals surface area contributed by atoms with Gasteiger partial charge in [0.05, 0.1) is 13.0 Å². The summed E-state index contributed by atoms with van der Waals surface area (Å²) < 4.78 is 5.02. The van der Waals surface area contributed by atoms with Gasteiger partial charge in [-0.3, -0.25) is 4.79 Å². The molecule has 2 rings (SSSR count). The van der Waals surface area contributed by atoms with Crippen molar-refractivity contribution in [2.45, 2.75) is 44.4 Å². The molecular formula is C16H22O2. The molecule has 0 N–H and O–H groups in total. The van der Waals surface area contributed by atoms with E-state index in [0.29, 0.717) is 5.92 Å². The highest BCUT2D eigenvalue weighted by Crippen LogP contribution is 2.35. The smallest absolute Gasteiger partial charge is 0.313 e. The molecule has 1 aliphatic carbocycles. The van der Waals surface area contributed by atoms with Crippen LogP contribution >= 0.6 is 0 Å². The molecule has 0 heterocycles. The van der Waals surface area contributed by atoms with Crippen LogP contribution in [-0.4, -0.2) is 13.1 Å². The summed E-state index contributed by atoms with van der Waals surface area (Å²) in [5.41, 5.74) is 1.11. The van der Waals surface area contributed by atoms with E-state index in [-0.39, 0.29) is 11.9 Å². The first kappa shape index (κ1) is 13.1. The zero-order valence-electron chi connectivity index (χ0n) is 11.1. The minimum Gasteiger partial charge on any atom is -0.469 e. The number of hydrogen-bond acceptors (Lipinski definition) is 2. The number of methoxy groups -OCH3 is 1. The zero-order chi connectivity index (χ0) is 12.8. The Balaban J connectivity index is 2.21. The molecule has 0 spiro atoms. The number of hydrogen-bond donors (Lipinski definition) is 0. The van der Waals surface area contributed by atoms with Gasteiger partial charge >= 0.3 is 5.97 Å². The van der Waals surface area contributed by atoms with E-state index in [1.165, 1.54) is 32.8 Å². The molecular weight excluding hydrogens is 224 g/mol. The largest absolute Gasteiger partial charge is 0.469 e. The third-order valence-electron chi connectivity index (χ3n) is 3.99. The van der Waals surface area contributed by atoms with Gasteiger partial charge in [-0.05, 0) is 24.3 Å². The van der Waals surface area contributed by atoms with E-state index in [0.717, 1.165) is 18.4 Å². The second kappa shape index (κ2) is 6.58. The van der Waals surface area contributed by atoms with Gasteiger partial charge in [-0.25, -0.2) is 0 Å². The van der Waals surface area contributed by atoms with Crippen molar-refractivity contribution in [1.82, 2.24) is 0 Å². The van der Waals surface area contributed by atoms with E-state index in [1.807, 2.05) is 30.3 Å². The first-order valence-electron chi connectivity index (χ1n) is 6.95. The van der Waals surface area contributed by atoms with Crippen LogP contribution in [0, 0.1) is 5.92 Å². The van der Waals surface area contributed by atoms with Gasteiger partial charge in [-0.1, -0.05) is 56.0 Å². The first-order valence-corrected chi connectivity index (χ1v) is 6.95. The lowest BCUT2D eigenvalue weighted by Gasteiger charge is -2.24. The molecule has 1 aromatic rings. The minimum atomic E-state index is -0.0758. The first-order chi connectivity index (χ1) is 8.83. The summed E-state index contributed by atoms with van der Waals surface area (Å²) in [6, 6.07) is 10.1. The fraction of sp³-hybridized carbons (Fsp3) is 0.562. The molecule has 0 saturated heterocycles. The average Bonchev–Trinajstić information content (AvgIpc) is 2.69. The standard InChI is InChI=1S/C16H22O2/c1-18-16(17)15(14-11-7-4-8-12-14)13-9-5-2-3-6-10-13/h4,7-8,11-13,15H,2-3,5-6,9-10H2,1H3. The van der Waals surface area contributed by atoms with Crippen LogP contribution in [-0.2, 0) is 9.53 Å². The van der Waals surface area contributed by atoms with Crippen LogP contribution in [0.15, 0.2) is 30.3 Å². The third kappa shape index (κ3) is 3.12. The molecule has 18 heavy (non-hydrogen) atoms. The monoisotopic (exact) mass is 246 g/mol. The maximum Gasteiger partial charge on any atom is 0.313 e. The van der Waals surface area contributed by atoms with Crippen molar-refractivity contribution in [3.05, 3.63) is 35.9 Å². The Morgan fingerprint density at radius 2 is 1.72 bits per heavy atom. The predicted molar refractivity (Wildman–Crippen MR) is 72.4 cm³/mol. The molecule has 2 heteroatoms. The summed E-state index contributed by atoms with van der Waals surface area (Å²) in [5.74, 6) is 0.296. The van der Waals surface area contributed by atoms with Gasteiger partial charge in [0.1, 0.15) is 0 Å². The SMILES string of the molecule is COC(=O)C(c1ccccc1)C1CCCCCC1. The predicted octanol–water partition coefficient (Wildman–Crippen LogP) is 3.91. The molecule has 0 amide bonds. The van der Waals surface area contributed by atoms with Crippen molar-refractivity contribution >= 4 is 5.97 Å². The number of carbonyl (C=O) groups excluding carboxylic acids is 1. The average molecular weight is 246 g/mol. The van der Waals surface area contributed by atoms with Crippen molar-refractivity contribution in [2.24, 2.45) is 5.92 Å². The lowest BCUT2D eigenvalue weighted by molar-refractivity contribution is -0.144. The highest BCUT2D eigenvalue weighted by molar-refractivity contribution is 5.78. The van der Waals surface area contributed by atoms with E-state index >= 15 is 0 Å². The summed E-state index contributed by atoms with van der Waals surface area (Å²) in [7, 11) is 1.50. The van der Waals surface area contributed by atoms with Gasteiger partial charge in [0.25, 0.3) is 0 Å². The number of ether oxygens (including phenoxy) is 1. The van der Waals surface area contributed by atoms with Crippen molar-refractivity contribution in [1.29, 1.82) is 0 Å². The van der Waals surface area contributed by atoms with Gasteiger partial charge in [-0.15, -0.1) is 0 Å². The van der Waals surface area contributed by atoms with Crippen LogP contribution in [0.2, 0.25) is 0 Å². The Labute approximate surface area is 109 Å². The maximum absolute atomic E-state index is 12.1. The molecule has 1 saturated carbocycles. The van der Waals surface area contributed by atoms with Gasteiger partial charge in [0, 0.05) is 0 Å². The van der Waals surface area contributed by atoms with Crippen LogP contribution in [0.25, 0.3) is 0 Å². The van der Waals surface area contributed by atoms with E-state index in [1.54, 1.807) is 0 Å². The number of carbonyl (C=O) groups is 1.